The van der Waals surface area contributed by atoms with Crippen LogP contribution in [0.5, 0.6) is 0 Å². The first-order valence-electron chi connectivity index (χ1n) is 8.13. The van der Waals surface area contributed by atoms with Gasteiger partial charge in [0.05, 0.1) is 4.87 Å². The molecule has 0 spiro atoms. The third-order valence-electron chi connectivity index (χ3n) is 4.51. The SMILES string of the molecule is C[C@H](OC(=O)[C@@H]1CS[C@@]2(C)CCC(=O)N12)C(=O)Nc1cc(Cl)cc(Cl)c1. The molecule has 1 N–H and O–H groups in total. The number of thioether (sulfide) groups is 1. The molecular formula is C17H18Cl2N2O4S. The van der Waals surface area contributed by atoms with Crippen LogP contribution in [0.3, 0.4) is 0 Å². The highest BCUT2D eigenvalue weighted by Gasteiger charge is 2.53. The summed E-state index contributed by atoms with van der Waals surface area (Å²) in [5, 5.41) is 3.37. The quantitative estimate of drug-likeness (QED) is 0.761. The lowest BCUT2D eigenvalue weighted by atomic mass is 10.2. The summed E-state index contributed by atoms with van der Waals surface area (Å²) in [5.41, 5.74) is 0.411. The number of nitrogens with one attached hydrogen (secondary N) is 1. The number of carbonyl (C=O) groups excluding carboxylic acids is 3. The van der Waals surface area contributed by atoms with Gasteiger partial charge in [-0.15, -0.1) is 11.8 Å². The van der Waals surface area contributed by atoms with Crippen molar-refractivity contribution in [1.29, 1.82) is 0 Å². The molecule has 0 bridgehead atoms. The number of ether oxygens (including phenoxy) is 1. The summed E-state index contributed by atoms with van der Waals surface area (Å²) in [5.74, 6) is -0.648. The molecule has 2 aliphatic rings. The van der Waals surface area contributed by atoms with Gasteiger partial charge in [-0.05, 0) is 38.5 Å². The van der Waals surface area contributed by atoms with Gasteiger partial charge < -0.3 is 15.0 Å². The standard InChI is InChI=1S/C17H18Cl2N2O4S/c1-9(15(23)20-12-6-10(18)5-11(19)7-12)25-16(24)13-8-26-17(2)4-3-14(22)21(13)17/h5-7,9,13H,3-4,8H2,1-2H3,(H,20,23)/t9-,13-,17-/m0/s1. The van der Waals surface area contributed by atoms with Crippen LogP contribution in [0.25, 0.3) is 0 Å². The molecule has 9 heteroatoms. The van der Waals surface area contributed by atoms with Crippen molar-refractivity contribution in [2.45, 2.75) is 43.7 Å². The number of fused-ring (bicyclic) bond motifs is 1. The van der Waals surface area contributed by atoms with Gasteiger partial charge in [0.25, 0.3) is 5.91 Å². The van der Waals surface area contributed by atoms with E-state index in [9.17, 15) is 14.4 Å². The molecule has 1 aromatic carbocycles. The lowest BCUT2D eigenvalue weighted by molar-refractivity contribution is -0.160. The predicted octanol–water partition coefficient (Wildman–Crippen LogP) is 3.32. The van der Waals surface area contributed by atoms with Gasteiger partial charge in [-0.3, -0.25) is 9.59 Å². The average molecular weight is 417 g/mol. The van der Waals surface area contributed by atoms with E-state index in [2.05, 4.69) is 5.32 Å². The summed E-state index contributed by atoms with van der Waals surface area (Å²) in [6.45, 7) is 3.43. The van der Waals surface area contributed by atoms with E-state index < -0.39 is 24.0 Å². The van der Waals surface area contributed by atoms with Crippen LogP contribution < -0.4 is 5.32 Å². The van der Waals surface area contributed by atoms with E-state index in [0.717, 1.165) is 0 Å². The maximum atomic E-state index is 12.5. The Hall–Kier alpha value is -1.44. The average Bonchev–Trinajstić information content (AvgIpc) is 3.03. The maximum Gasteiger partial charge on any atom is 0.330 e. The molecule has 2 aliphatic heterocycles. The van der Waals surface area contributed by atoms with E-state index in [1.54, 1.807) is 34.9 Å². The molecule has 6 nitrogen and oxygen atoms in total. The monoisotopic (exact) mass is 416 g/mol. The first kappa shape index (κ1) is 19.3. The summed E-state index contributed by atoms with van der Waals surface area (Å²) in [6, 6.07) is 3.98. The van der Waals surface area contributed by atoms with Gasteiger partial charge in [-0.2, -0.15) is 0 Å². The highest BCUT2D eigenvalue weighted by molar-refractivity contribution is 8.01. The number of anilines is 1. The number of hydrogen-bond acceptors (Lipinski definition) is 5. The molecule has 0 aromatic heterocycles. The van der Waals surface area contributed by atoms with E-state index >= 15 is 0 Å². The van der Waals surface area contributed by atoms with Crippen molar-refractivity contribution in [1.82, 2.24) is 4.90 Å². The fraction of sp³-hybridized carbons (Fsp3) is 0.471. The first-order chi connectivity index (χ1) is 12.2. The molecule has 0 unspecified atom stereocenters. The molecule has 2 fully saturated rings. The van der Waals surface area contributed by atoms with Gasteiger partial charge in [-0.1, -0.05) is 23.2 Å². The van der Waals surface area contributed by atoms with E-state index in [4.69, 9.17) is 27.9 Å². The van der Waals surface area contributed by atoms with Crippen LogP contribution in [0.4, 0.5) is 5.69 Å². The van der Waals surface area contributed by atoms with Crippen LogP contribution in [-0.4, -0.2) is 45.5 Å². The predicted molar refractivity (Wildman–Crippen MR) is 101 cm³/mol. The smallest absolute Gasteiger partial charge is 0.330 e. The van der Waals surface area contributed by atoms with Crippen molar-refractivity contribution < 1.29 is 19.1 Å². The highest BCUT2D eigenvalue weighted by atomic mass is 35.5. The largest absolute Gasteiger partial charge is 0.451 e. The number of carbonyl (C=O) groups is 3. The Morgan fingerprint density at radius 3 is 2.65 bits per heavy atom. The van der Waals surface area contributed by atoms with Gasteiger partial charge in [-0.25, -0.2) is 4.79 Å². The molecule has 3 atom stereocenters. The molecule has 26 heavy (non-hydrogen) atoms. The normalized spacial score (nSPS) is 25.8. The van der Waals surface area contributed by atoms with Crippen molar-refractivity contribution in [3.8, 4) is 0 Å². The van der Waals surface area contributed by atoms with Gasteiger partial charge in [0.1, 0.15) is 6.04 Å². The van der Waals surface area contributed by atoms with Gasteiger partial charge in [0, 0.05) is 27.9 Å². The molecule has 0 aliphatic carbocycles. The van der Waals surface area contributed by atoms with Gasteiger partial charge >= 0.3 is 5.97 Å². The molecule has 2 saturated heterocycles. The number of esters is 1. The van der Waals surface area contributed by atoms with Gasteiger partial charge in [0.2, 0.25) is 5.91 Å². The number of rotatable bonds is 4. The van der Waals surface area contributed by atoms with Crippen molar-refractivity contribution >= 4 is 58.4 Å². The minimum atomic E-state index is -1.02. The summed E-state index contributed by atoms with van der Waals surface area (Å²) in [7, 11) is 0. The van der Waals surface area contributed by atoms with Crippen LogP contribution in [-0.2, 0) is 19.1 Å². The second-order valence-corrected chi connectivity index (χ2v) is 8.87. The summed E-state index contributed by atoms with van der Waals surface area (Å²) < 4.78 is 5.31. The van der Waals surface area contributed by atoms with Crippen LogP contribution in [0, 0.1) is 0 Å². The minimum Gasteiger partial charge on any atom is -0.451 e. The molecule has 0 saturated carbocycles. The summed E-state index contributed by atoms with van der Waals surface area (Å²) >= 11 is 13.4. The maximum absolute atomic E-state index is 12.5. The van der Waals surface area contributed by atoms with Crippen molar-refractivity contribution in [3.05, 3.63) is 28.2 Å². The Labute approximate surface area is 165 Å². The van der Waals surface area contributed by atoms with E-state index in [1.165, 1.54) is 6.92 Å². The second kappa shape index (κ2) is 7.29. The zero-order valence-electron chi connectivity index (χ0n) is 14.3. The van der Waals surface area contributed by atoms with Crippen molar-refractivity contribution in [2.24, 2.45) is 0 Å². The number of benzene rings is 1. The Kier molecular flexibility index (Phi) is 5.42. The third kappa shape index (κ3) is 3.80. The first-order valence-corrected chi connectivity index (χ1v) is 9.87. The van der Waals surface area contributed by atoms with Crippen LogP contribution >= 0.6 is 35.0 Å². The lowest BCUT2D eigenvalue weighted by Gasteiger charge is -2.29. The molecule has 1 aromatic rings. The lowest BCUT2D eigenvalue weighted by Crippen LogP contribution is -2.48. The zero-order chi connectivity index (χ0) is 19.1. The Morgan fingerprint density at radius 1 is 1.35 bits per heavy atom. The summed E-state index contributed by atoms with van der Waals surface area (Å²) in [4.78, 5) is 38.1. The highest BCUT2D eigenvalue weighted by Crippen LogP contribution is 2.47. The molecule has 2 amide bonds. The number of halogens is 2. The van der Waals surface area contributed by atoms with E-state index in [-0.39, 0.29) is 10.8 Å². The molecule has 3 rings (SSSR count). The van der Waals surface area contributed by atoms with Crippen LogP contribution in [0.2, 0.25) is 10.0 Å². The van der Waals surface area contributed by atoms with E-state index in [0.29, 0.717) is 34.3 Å². The topological polar surface area (TPSA) is 75.7 Å². The molecular weight excluding hydrogens is 399 g/mol. The number of hydrogen-bond donors (Lipinski definition) is 1. The molecule has 140 valence electrons. The number of amides is 2. The van der Waals surface area contributed by atoms with Gasteiger partial charge in [0.15, 0.2) is 6.10 Å². The third-order valence-corrected chi connectivity index (χ3v) is 6.45. The molecule has 0 radical (unpaired) electrons. The fourth-order valence-electron chi connectivity index (χ4n) is 3.17. The Balaban J connectivity index is 1.62. The Bertz CT molecular complexity index is 755. The zero-order valence-corrected chi connectivity index (χ0v) is 16.6. The molecule has 2 heterocycles. The van der Waals surface area contributed by atoms with Crippen molar-refractivity contribution in [3.63, 3.8) is 0 Å². The second-order valence-electron chi connectivity index (χ2n) is 6.49. The van der Waals surface area contributed by atoms with E-state index in [1.807, 2.05) is 6.92 Å². The Morgan fingerprint density at radius 2 is 2.00 bits per heavy atom. The number of nitrogens with zero attached hydrogens (tertiary/aromatic N) is 1. The van der Waals surface area contributed by atoms with Crippen molar-refractivity contribution in [2.75, 3.05) is 11.1 Å². The fourth-order valence-corrected chi connectivity index (χ4v) is 5.11. The minimum absolute atomic E-state index is 0.0508. The van der Waals surface area contributed by atoms with Crippen LogP contribution in [0.1, 0.15) is 26.7 Å². The summed E-state index contributed by atoms with van der Waals surface area (Å²) in [6.07, 6.45) is 0.125. The van der Waals surface area contributed by atoms with Crippen LogP contribution in [0.15, 0.2) is 18.2 Å².